The average molecular weight is 316 g/mol. The van der Waals surface area contributed by atoms with Crippen LogP contribution in [-0.4, -0.2) is 41.1 Å². The number of carbonyl (C=O) groups is 2. The fraction of sp³-hybridized carbons (Fsp3) is 0.556. The first kappa shape index (κ1) is 15.8. The van der Waals surface area contributed by atoms with Crippen molar-refractivity contribution < 1.29 is 14.7 Å². The van der Waals surface area contributed by atoms with Gasteiger partial charge in [-0.2, -0.15) is 0 Å². The molecule has 1 aromatic rings. The van der Waals surface area contributed by atoms with E-state index in [4.69, 9.17) is 5.11 Å². The highest BCUT2D eigenvalue weighted by Crippen LogP contribution is 2.29. The van der Waals surface area contributed by atoms with E-state index in [0.29, 0.717) is 25.4 Å². The maximum absolute atomic E-state index is 12.3. The van der Waals surface area contributed by atoms with Crippen LogP contribution in [0.4, 0.5) is 4.79 Å². The molecule has 1 saturated carbocycles. The van der Waals surface area contributed by atoms with Crippen molar-refractivity contribution >= 4 is 12.0 Å². The first-order valence-corrected chi connectivity index (χ1v) is 8.44. The van der Waals surface area contributed by atoms with Crippen molar-refractivity contribution in [2.75, 3.05) is 13.1 Å². The van der Waals surface area contributed by atoms with E-state index in [1.54, 1.807) is 4.90 Å². The van der Waals surface area contributed by atoms with Crippen LogP contribution in [0.25, 0.3) is 0 Å². The van der Waals surface area contributed by atoms with E-state index < -0.39 is 11.9 Å². The number of nitrogens with zero attached hydrogens (tertiary/aromatic N) is 1. The normalized spacial score (nSPS) is 27.1. The van der Waals surface area contributed by atoms with Gasteiger partial charge in [-0.25, -0.2) is 4.79 Å². The Morgan fingerprint density at radius 3 is 2.65 bits per heavy atom. The molecule has 1 heterocycles. The summed E-state index contributed by atoms with van der Waals surface area (Å²) in [5, 5.41) is 12.1. The molecule has 2 N–H and O–H groups in total. The third kappa shape index (κ3) is 4.03. The predicted molar refractivity (Wildman–Crippen MR) is 87.1 cm³/mol. The lowest BCUT2D eigenvalue weighted by Crippen LogP contribution is -2.43. The summed E-state index contributed by atoms with van der Waals surface area (Å²) in [5.41, 5.74) is 1.35. The molecule has 1 aliphatic heterocycles. The largest absolute Gasteiger partial charge is 0.481 e. The molecule has 5 nitrogen and oxygen atoms in total. The summed E-state index contributed by atoms with van der Waals surface area (Å²) in [6, 6.07) is 10.6. The molecule has 1 saturated heterocycles. The van der Waals surface area contributed by atoms with E-state index in [1.807, 2.05) is 6.07 Å². The monoisotopic (exact) mass is 316 g/mol. The molecule has 2 fully saturated rings. The maximum Gasteiger partial charge on any atom is 0.317 e. The molecule has 124 valence electrons. The maximum atomic E-state index is 12.3. The third-order valence-corrected chi connectivity index (χ3v) is 5.06. The third-order valence-electron chi connectivity index (χ3n) is 5.06. The van der Waals surface area contributed by atoms with Crippen molar-refractivity contribution in [3.63, 3.8) is 0 Å². The van der Waals surface area contributed by atoms with Crippen LogP contribution in [0.5, 0.6) is 0 Å². The number of hydrogen-bond acceptors (Lipinski definition) is 2. The number of likely N-dealkylation sites (tertiary alicyclic amines) is 1. The van der Waals surface area contributed by atoms with Crippen LogP contribution in [0.15, 0.2) is 30.3 Å². The average Bonchev–Trinajstić information content (AvgIpc) is 3.18. The van der Waals surface area contributed by atoms with Gasteiger partial charge in [-0.1, -0.05) is 30.3 Å². The number of hydrogen-bond donors (Lipinski definition) is 2. The smallest absolute Gasteiger partial charge is 0.317 e. The molecular weight excluding hydrogens is 292 g/mol. The predicted octanol–water partition coefficient (Wildman–Crippen LogP) is 2.51. The zero-order valence-electron chi connectivity index (χ0n) is 13.3. The summed E-state index contributed by atoms with van der Waals surface area (Å²) < 4.78 is 0. The molecule has 3 rings (SSSR count). The van der Waals surface area contributed by atoms with Gasteiger partial charge in [-0.3, -0.25) is 4.79 Å². The van der Waals surface area contributed by atoms with Crippen molar-refractivity contribution in [1.82, 2.24) is 10.2 Å². The summed E-state index contributed by atoms with van der Waals surface area (Å²) >= 11 is 0. The van der Waals surface area contributed by atoms with Crippen molar-refractivity contribution in [3.05, 3.63) is 35.9 Å². The molecule has 23 heavy (non-hydrogen) atoms. The lowest BCUT2D eigenvalue weighted by atomic mass is 9.98. The molecule has 5 heteroatoms. The molecule has 3 unspecified atom stereocenters. The molecule has 0 bridgehead atoms. The zero-order chi connectivity index (χ0) is 16.2. The summed E-state index contributed by atoms with van der Waals surface area (Å²) in [5.74, 6) is -0.590. The minimum absolute atomic E-state index is 0.0980. The fourth-order valence-corrected chi connectivity index (χ4v) is 3.75. The van der Waals surface area contributed by atoms with E-state index in [2.05, 4.69) is 29.6 Å². The Kier molecular flexibility index (Phi) is 4.84. The Labute approximate surface area is 136 Å². The SMILES string of the molecule is O=C(O)C1CCN(C(=O)NC2CCC(Cc3ccccc3)C2)C1. The Hall–Kier alpha value is -2.04. The van der Waals surface area contributed by atoms with Gasteiger partial charge in [0.05, 0.1) is 5.92 Å². The van der Waals surface area contributed by atoms with Gasteiger partial charge in [0, 0.05) is 19.1 Å². The highest BCUT2D eigenvalue weighted by atomic mass is 16.4. The first-order valence-electron chi connectivity index (χ1n) is 8.44. The standard InChI is InChI=1S/C18H24N2O3/c21-17(22)15-8-9-20(12-15)18(23)19-16-7-6-14(11-16)10-13-4-2-1-3-5-13/h1-5,14-16H,6-12H2,(H,19,23)(H,21,22). The van der Waals surface area contributed by atoms with E-state index in [0.717, 1.165) is 25.7 Å². The number of amides is 2. The second-order valence-electron chi connectivity index (χ2n) is 6.79. The number of carbonyl (C=O) groups excluding carboxylic acids is 1. The minimum Gasteiger partial charge on any atom is -0.481 e. The second kappa shape index (κ2) is 7.02. The number of urea groups is 1. The van der Waals surface area contributed by atoms with Crippen LogP contribution in [0, 0.1) is 11.8 Å². The lowest BCUT2D eigenvalue weighted by molar-refractivity contribution is -0.141. The van der Waals surface area contributed by atoms with Crippen LogP contribution in [0.1, 0.15) is 31.2 Å². The van der Waals surface area contributed by atoms with Gasteiger partial charge < -0.3 is 15.3 Å². The van der Waals surface area contributed by atoms with Crippen molar-refractivity contribution in [3.8, 4) is 0 Å². The van der Waals surface area contributed by atoms with Gasteiger partial charge in [0.2, 0.25) is 0 Å². The van der Waals surface area contributed by atoms with E-state index in [-0.39, 0.29) is 12.1 Å². The van der Waals surface area contributed by atoms with Crippen molar-refractivity contribution in [1.29, 1.82) is 0 Å². The second-order valence-corrected chi connectivity index (χ2v) is 6.79. The van der Waals surface area contributed by atoms with E-state index >= 15 is 0 Å². The van der Waals surface area contributed by atoms with Gasteiger partial charge in [0.1, 0.15) is 0 Å². The summed E-state index contributed by atoms with van der Waals surface area (Å²) in [6.07, 6.45) is 4.79. The summed E-state index contributed by atoms with van der Waals surface area (Å²) in [4.78, 5) is 24.9. The first-order chi connectivity index (χ1) is 11.1. The molecular formula is C18H24N2O3. The Balaban J connectivity index is 1.45. The molecule has 1 aliphatic carbocycles. The number of nitrogens with one attached hydrogen (secondary N) is 1. The molecule has 0 radical (unpaired) electrons. The number of aliphatic carboxylic acids is 1. The van der Waals surface area contributed by atoms with Crippen LogP contribution < -0.4 is 5.32 Å². The van der Waals surface area contributed by atoms with Crippen LogP contribution >= 0.6 is 0 Å². The van der Waals surface area contributed by atoms with Crippen molar-refractivity contribution in [2.45, 2.75) is 38.1 Å². The number of rotatable bonds is 4. The lowest BCUT2D eigenvalue weighted by Gasteiger charge is -2.20. The number of carboxylic acid groups (broad SMARTS) is 1. The van der Waals surface area contributed by atoms with Gasteiger partial charge in [0.25, 0.3) is 0 Å². The van der Waals surface area contributed by atoms with Gasteiger partial charge in [-0.05, 0) is 43.6 Å². The Morgan fingerprint density at radius 2 is 1.96 bits per heavy atom. The minimum atomic E-state index is -0.802. The highest BCUT2D eigenvalue weighted by Gasteiger charge is 2.33. The highest BCUT2D eigenvalue weighted by molar-refractivity contribution is 5.77. The Morgan fingerprint density at radius 1 is 1.17 bits per heavy atom. The number of benzene rings is 1. The fourth-order valence-electron chi connectivity index (χ4n) is 3.75. The van der Waals surface area contributed by atoms with Crippen LogP contribution in [0.2, 0.25) is 0 Å². The zero-order valence-corrected chi connectivity index (χ0v) is 13.3. The molecule has 0 spiro atoms. The van der Waals surface area contributed by atoms with Crippen molar-refractivity contribution in [2.24, 2.45) is 11.8 Å². The number of carboxylic acids is 1. The van der Waals surface area contributed by atoms with E-state index in [9.17, 15) is 9.59 Å². The molecule has 0 aromatic heterocycles. The Bertz CT molecular complexity index is 561. The van der Waals surface area contributed by atoms with Gasteiger partial charge >= 0.3 is 12.0 Å². The summed E-state index contributed by atoms with van der Waals surface area (Å²) in [6.45, 7) is 0.879. The molecule has 3 atom stereocenters. The topological polar surface area (TPSA) is 69.6 Å². The van der Waals surface area contributed by atoms with Crippen LogP contribution in [0.3, 0.4) is 0 Å². The molecule has 2 aliphatic rings. The molecule has 1 aromatic carbocycles. The van der Waals surface area contributed by atoms with Gasteiger partial charge in [-0.15, -0.1) is 0 Å². The molecule has 2 amide bonds. The quantitative estimate of drug-likeness (QED) is 0.897. The van der Waals surface area contributed by atoms with Crippen LogP contribution in [-0.2, 0) is 11.2 Å². The summed E-state index contributed by atoms with van der Waals surface area (Å²) in [7, 11) is 0. The van der Waals surface area contributed by atoms with E-state index in [1.165, 1.54) is 5.56 Å². The van der Waals surface area contributed by atoms with Gasteiger partial charge in [0.15, 0.2) is 0 Å².